The lowest BCUT2D eigenvalue weighted by Crippen LogP contribution is -2.00. The van der Waals surface area contributed by atoms with Crippen molar-refractivity contribution < 1.29 is 13.9 Å². The number of hydrogen-bond acceptors (Lipinski definition) is 5. The fourth-order valence-electron chi connectivity index (χ4n) is 1.20. The van der Waals surface area contributed by atoms with Gasteiger partial charge in [0, 0.05) is 10.4 Å². The van der Waals surface area contributed by atoms with Gasteiger partial charge in [-0.05, 0) is 12.1 Å². The molecule has 15 heavy (non-hydrogen) atoms. The summed E-state index contributed by atoms with van der Waals surface area (Å²) in [6.45, 7) is 0. The molecule has 0 aromatic carbocycles. The van der Waals surface area contributed by atoms with Crippen LogP contribution in [0.15, 0.2) is 29.1 Å². The number of hydrogen-bond donors (Lipinski definition) is 1. The van der Waals surface area contributed by atoms with E-state index in [0.717, 1.165) is 10.4 Å². The van der Waals surface area contributed by atoms with Gasteiger partial charge in [0.1, 0.15) is 4.88 Å². The molecule has 2 aromatic heterocycles. The number of ether oxygens (including phenoxy) is 1. The smallest absolute Gasteiger partial charge is 0.350 e. The topological polar surface area (TPSA) is 65.5 Å². The second-order valence-electron chi connectivity index (χ2n) is 2.90. The number of esters is 1. The molecule has 2 rings (SSSR count). The molecule has 0 saturated carbocycles. The summed E-state index contributed by atoms with van der Waals surface area (Å²) in [5.74, 6) is -0.410. The lowest BCUT2D eigenvalue weighted by Gasteiger charge is -1.94. The summed E-state index contributed by atoms with van der Waals surface area (Å²) < 4.78 is 9.57. The number of thiophene rings is 1. The van der Waals surface area contributed by atoms with Crippen LogP contribution in [0.4, 0.5) is 5.69 Å². The predicted molar refractivity (Wildman–Crippen MR) is 57.8 cm³/mol. The fraction of sp³-hybridized carbons (Fsp3) is 0.100. The Bertz CT molecular complexity index is 473. The van der Waals surface area contributed by atoms with E-state index in [4.69, 9.17) is 10.2 Å². The quantitative estimate of drug-likeness (QED) is 0.794. The van der Waals surface area contributed by atoms with Gasteiger partial charge in [-0.15, -0.1) is 11.3 Å². The molecule has 0 aliphatic heterocycles. The van der Waals surface area contributed by atoms with Crippen LogP contribution in [0.3, 0.4) is 0 Å². The summed E-state index contributed by atoms with van der Waals surface area (Å²) >= 11 is 1.29. The minimum absolute atomic E-state index is 0.410. The SMILES string of the molecule is COC(=O)c1sc(-c2ccoc2)cc1N. The largest absolute Gasteiger partial charge is 0.472 e. The van der Waals surface area contributed by atoms with Crippen molar-refractivity contribution in [1.29, 1.82) is 0 Å². The molecule has 0 aliphatic rings. The molecule has 0 bridgehead atoms. The normalized spacial score (nSPS) is 10.2. The van der Waals surface area contributed by atoms with Gasteiger partial charge in [-0.3, -0.25) is 0 Å². The van der Waals surface area contributed by atoms with Crippen LogP contribution in [0.1, 0.15) is 9.67 Å². The van der Waals surface area contributed by atoms with E-state index in [-0.39, 0.29) is 0 Å². The van der Waals surface area contributed by atoms with Crippen molar-refractivity contribution >= 4 is 23.0 Å². The van der Waals surface area contributed by atoms with Crippen molar-refractivity contribution in [2.24, 2.45) is 0 Å². The van der Waals surface area contributed by atoms with E-state index in [9.17, 15) is 4.79 Å². The van der Waals surface area contributed by atoms with E-state index < -0.39 is 5.97 Å². The standard InChI is InChI=1S/C10H9NO3S/c1-13-10(12)9-7(11)4-8(15-9)6-2-3-14-5-6/h2-5H,11H2,1H3. The Hall–Kier alpha value is -1.75. The van der Waals surface area contributed by atoms with Crippen LogP contribution >= 0.6 is 11.3 Å². The van der Waals surface area contributed by atoms with Gasteiger partial charge in [-0.25, -0.2) is 4.79 Å². The van der Waals surface area contributed by atoms with Gasteiger partial charge >= 0.3 is 5.97 Å². The monoisotopic (exact) mass is 223 g/mol. The Morgan fingerprint density at radius 1 is 1.60 bits per heavy atom. The molecule has 2 heterocycles. The van der Waals surface area contributed by atoms with Gasteiger partial charge in [0.2, 0.25) is 0 Å². The number of anilines is 1. The van der Waals surface area contributed by atoms with Gasteiger partial charge in [0.05, 0.1) is 25.3 Å². The second kappa shape index (κ2) is 3.78. The summed E-state index contributed by atoms with van der Waals surface area (Å²) in [6.07, 6.45) is 3.18. The lowest BCUT2D eigenvalue weighted by molar-refractivity contribution is 0.0607. The van der Waals surface area contributed by atoms with E-state index in [1.807, 2.05) is 6.07 Å². The Labute approximate surface area is 90.3 Å². The Balaban J connectivity index is 2.41. The van der Waals surface area contributed by atoms with E-state index in [1.165, 1.54) is 18.4 Å². The number of carbonyl (C=O) groups is 1. The highest BCUT2D eigenvalue weighted by molar-refractivity contribution is 7.18. The summed E-state index contributed by atoms with van der Waals surface area (Å²) in [6, 6.07) is 3.55. The molecule has 0 unspecified atom stereocenters. The minimum atomic E-state index is -0.410. The van der Waals surface area contributed by atoms with E-state index in [2.05, 4.69) is 4.74 Å². The zero-order valence-corrected chi connectivity index (χ0v) is 8.84. The highest BCUT2D eigenvalue weighted by atomic mass is 32.1. The number of nitrogen functional groups attached to an aromatic ring is 1. The molecular formula is C10H9NO3S. The fourth-order valence-corrected chi connectivity index (χ4v) is 2.19. The Morgan fingerprint density at radius 3 is 3.00 bits per heavy atom. The molecule has 0 amide bonds. The highest BCUT2D eigenvalue weighted by Gasteiger charge is 2.15. The second-order valence-corrected chi connectivity index (χ2v) is 3.95. The van der Waals surface area contributed by atoms with Gasteiger partial charge in [0.15, 0.2) is 0 Å². The molecular weight excluding hydrogens is 214 g/mol. The number of carbonyl (C=O) groups excluding carboxylic acids is 1. The van der Waals surface area contributed by atoms with Crippen molar-refractivity contribution in [3.8, 4) is 10.4 Å². The van der Waals surface area contributed by atoms with Crippen molar-refractivity contribution in [3.63, 3.8) is 0 Å². The van der Waals surface area contributed by atoms with Gasteiger partial charge in [-0.1, -0.05) is 0 Å². The first-order chi connectivity index (χ1) is 7.22. The van der Waals surface area contributed by atoms with Crippen LogP contribution in [0.5, 0.6) is 0 Å². The summed E-state index contributed by atoms with van der Waals surface area (Å²) in [4.78, 5) is 12.6. The third-order valence-electron chi connectivity index (χ3n) is 1.94. The minimum Gasteiger partial charge on any atom is -0.472 e. The number of nitrogens with two attached hydrogens (primary N) is 1. The van der Waals surface area contributed by atoms with Crippen LogP contribution < -0.4 is 5.73 Å². The lowest BCUT2D eigenvalue weighted by atomic mass is 10.2. The Morgan fingerprint density at radius 2 is 2.40 bits per heavy atom. The molecule has 2 N–H and O–H groups in total. The van der Waals surface area contributed by atoms with E-state index >= 15 is 0 Å². The van der Waals surface area contributed by atoms with Gasteiger partial charge in [-0.2, -0.15) is 0 Å². The molecule has 2 aromatic rings. The van der Waals surface area contributed by atoms with E-state index in [1.54, 1.807) is 18.6 Å². The van der Waals surface area contributed by atoms with Crippen molar-refractivity contribution in [1.82, 2.24) is 0 Å². The van der Waals surface area contributed by atoms with Crippen LogP contribution in [0.2, 0.25) is 0 Å². The molecule has 0 saturated heterocycles. The van der Waals surface area contributed by atoms with Crippen LogP contribution in [-0.4, -0.2) is 13.1 Å². The molecule has 0 spiro atoms. The molecule has 0 radical (unpaired) electrons. The number of rotatable bonds is 2. The molecule has 4 nitrogen and oxygen atoms in total. The first kappa shape index (κ1) is 9.79. The molecule has 0 atom stereocenters. The predicted octanol–water partition coefficient (Wildman–Crippen LogP) is 2.38. The molecule has 0 aliphatic carbocycles. The molecule has 5 heteroatoms. The van der Waals surface area contributed by atoms with Crippen molar-refractivity contribution in [2.75, 3.05) is 12.8 Å². The maximum atomic E-state index is 11.3. The maximum Gasteiger partial charge on any atom is 0.350 e. The van der Waals surface area contributed by atoms with Gasteiger partial charge in [0.25, 0.3) is 0 Å². The van der Waals surface area contributed by atoms with E-state index in [0.29, 0.717) is 10.6 Å². The van der Waals surface area contributed by atoms with Crippen LogP contribution in [0.25, 0.3) is 10.4 Å². The summed E-state index contributed by atoms with van der Waals surface area (Å²) in [7, 11) is 1.33. The average molecular weight is 223 g/mol. The first-order valence-electron chi connectivity index (χ1n) is 4.22. The zero-order chi connectivity index (χ0) is 10.8. The third kappa shape index (κ3) is 1.73. The maximum absolute atomic E-state index is 11.3. The summed E-state index contributed by atoms with van der Waals surface area (Å²) in [5, 5.41) is 0. The first-order valence-corrected chi connectivity index (χ1v) is 5.04. The number of methoxy groups -OCH3 is 1. The van der Waals surface area contributed by atoms with Crippen LogP contribution in [-0.2, 0) is 4.74 Å². The van der Waals surface area contributed by atoms with Gasteiger partial charge < -0.3 is 14.9 Å². The zero-order valence-electron chi connectivity index (χ0n) is 8.02. The third-order valence-corrected chi connectivity index (χ3v) is 3.12. The Kier molecular flexibility index (Phi) is 2.47. The van der Waals surface area contributed by atoms with Crippen LogP contribution in [0, 0.1) is 0 Å². The summed E-state index contributed by atoms with van der Waals surface area (Å²) in [5.41, 5.74) is 7.04. The average Bonchev–Trinajstić information content (AvgIpc) is 2.84. The van der Waals surface area contributed by atoms with Crippen molar-refractivity contribution in [3.05, 3.63) is 29.5 Å². The highest BCUT2D eigenvalue weighted by Crippen LogP contribution is 2.33. The van der Waals surface area contributed by atoms with Crippen molar-refractivity contribution in [2.45, 2.75) is 0 Å². The molecule has 78 valence electrons. The number of furan rings is 1. The molecule has 0 fully saturated rings.